The third kappa shape index (κ3) is 2.45. The molecule has 0 spiro atoms. The fraction of sp³-hybridized carbons (Fsp3) is 0.800. The third-order valence-electron chi connectivity index (χ3n) is 7.54. The molecule has 2 unspecified atom stereocenters. The van der Waals surface area contributed by atoms with Gasteiger partial charge in [0, 0.05) is 0 Å². The van der Waals surface area contributed by atoms with E-state index in [0.717, 1.165) is 25.2 Å². The highest BCUT2D eigenvalue weighted by Gasteiger charge is 2.48. The summed E-state index contributed by atoms with van der Waals surface area (Å²) in [5, 5.41) is -0.272. The van der Waals surface area contributed by atoms with Gasteiger partial charge < -0.3 is 0 Å². The Bertz CT molecular complexity index is 670. The Labute approximate surface area is 141 Å². The maximum absolute atomic E-state index is 12.8. The van der Waals surface area contributed by atoms with Crippen LogP contribution in [-0.4, -0.2) is 19.4 Å². The molecule has 0 aromatic rings. The van der Waals surface area contributed by atoms with Gasteiger partial charge in [0.25, 0.3) is 0 Å². The van der Waals surface area contributed by atoms with Gasteiger partial charge >= 0.3 is 0 Å². The Morgan fingerprint density at radius 1 is 1.09 bits per heavy atom. The number of allylic oxidation sites excluding steroid dienone is 1. The fourth-order valence-corrected chi connectivity index (χ4v) is 8.04. The van der Waals surface area contributed by atoms with Crippen LogP contribution >= 0.6 is 0 Å². The summed E-state index contributed by atoms with van der Waals surface area (Å²) >= 11 is 0. The van der Waals surface area contributed by atoms with Gasteiger partial charge in [0.15, 0.2) is 9.84 Å². The molecule has 23 heavy (non-hydrogen) atoms. The molecule has 0 radical (unpaired) electrons. The largest absolute Gasteiger partial charge is 0.228 e. The van der Waals surface area contributed by atoms with Gasteiger partial charge in [-0.05, 0) is 80.6 Å². The Balaban J connectivity index is 1.70. The average molecular weight is 335 g/mol. The highest BCUT2D eigenvalue weighted by Crippen LogP contribution is 2.57. The summed E-state index contributed by atoms with van der Waals surface area (Å²) in [7, 11) is -2.98. The van der Waals surface area contributed by atoms with Crippen molar-refractivity contribution in [1.82, 2.24) is 0 Å². The van der Waals surface area contributed by atoms with Gasteiger partial charge in [0.05, 0.1) is 5.75 Å². The summed E-state index contributed by atoms with van der Waals surface area (Å²) in [6, 6.07) is 0. The van der Waals surface area contributed by atoms with Gasteiger partial charge in [-0.15, -0.1) is 0 Å². The van der Waals surface area contributed by atoms with E-state index >= 15 is 0 Å². The molecule has 0 aromatic carbocycles. The van der Waals surface area contributed by atoms with Crippen LogP contribution in [-0.2, 0) is 9.84 Å². The average Bonchev–Trinajstić information content (AvgIpc) is 2.94. The van der Waals surface area contributed by atoms with E-state index in [9.17, 15) is 8.42 Å². The summed E-state index contributed by atoms with van der Waals surface area (Å²) < 4.78 is 25.5. The lowest BCUT2D eigenvalue weighted by Gasteiger charge is -2.41. The summed E-state index contributed by atoms with van der Waals surface area (Å²) in [5.41, 5.74) is 4.44. The highest BCUT2D eigenvalue weighted by atomic mass is 32.2. The monoisotopic (exact) mass is 334 g/mol. The maximum atomic E-state index is 12.8. The van der Waals surface area contributed by atoms with E-state index in [0.29, 0.717) is 17.1 Å². The minimum Gasteiger partial charge on any atom is -0.228 e. The van der Waals surface area contributed by atoms with Crippen LogP contribution in [0.25, 0.3) is 0 Å². The predicted octanol–water partition coefficient (Wildman–Crippen LogP) is 4.82. The van der Waals surface area contributed by atoms with Crippen molar-refractivity contribution < 1.29 is 8.42 Å². The second-order valence-electron chi connectivity index (χ2n) is 8.70. The van der Waals surface area contributed by atoms with Crippen LogP contribution in [0.15, 0.2) is 22.8 Å². The zero-order chi connectivity index (χ0) is 16.2. The van der Waals surface area contributed by atoms with Gasteiger partial charge in [0.1, 0.15) is 5.25 Å². The Morgan fingerprint density at radius 3 is 2.70 bits per heavy atom. The smallest absolute Gasteiger partial charge is 0.164 e. The van der Waals surface area contributed by atoms with E-state index in [1.165, 1.54) is 55.2 Å². The number of sulfone groups is 1. The molecule has 0 aromatic heterocycles. The minimum atomic E-state index is -2.98. The summed E-state index contributed by atoms with van der Waals surface area (Å²) in [6.45, 7) is 4.85. The standard InChI is InChI=1S/C20H30O2S/c1-14-9-10-18-15(7-5-11-20(14,18)2)12-19-17-8-4-3-6-16(17)13-23(19,21)22/h12,14,18-19H,3-11,13H2,1-2H3/t14-,18?,19?,20+/m0/s1. The zero-order valence-corrected chi connectivity index (χ0v) is 15.4. The molecule has 0 N–H and O–H groups in total. The van der Waals surface area contributed by atoms with Gasteiger partial charge in [0.2, 0.25) is 0 Å². The first-order valence-electron chi connectivity index (χ1n) is 9.55. The molecule has 3 aliphatic carbocycles. The first kappa shape index (κ1) is 15.9. The molecule has 1 heterocycles. The van der Waals surface area contributed by atoms with Crippen LogP contribution in [0.4, 0.5) is 0 Å². The van der Waals surface area contributed by atoms with Gasteiger partial charge in [-0.25, -0.2) is 8.42 Å². The normalized spacial score (nSPS) is 44.4. The lowest BCUT2D eigenvalue weighted by molar-refractivity contribution is 0.146. The van der Waals surface area contributed by atoms with Crippen molar-refractivity contribution in [2.45, 2.75) is 76.9 Å². The molecule has 128 valence electrons. The molecule has 3 heteroatoms. The molecule has 4 atom stereocenters. The van der Waals surface area contributed by atoms with Crippen molar-refractivity contribution in [3.63, 3.8) is 0 Å². The van der Waals surface area contributed by atoms with E-state index in [-0.39, 0.29) is 5.25 Å². The van der Waals surface area contributed by atoms with Crippen molar-refractivity contribution in [3.05, 3.63) is 22.8 Å². The Kier molecular flexibility index (Phi) is 3.79. The first-order valence-corrected chi connectivity index (χ1v) is 11.3. The first-order chi connectivity index (χ1) is 10.9. The van der Waals surface area contributed by atoms with Crippen molar-refractivity contribution in [2.24, 2.45) is 17.3 Å². The van der Waals surface area contributed by atoms with Crippen molar-refractivity contribution in [2.75, 3.05) is 5.75 Å². The number of hydrogen-bond acceptors (Lipinski definition) is 2. The predicted molar refractivity (Wildman–Crippen MR) is 95.0 cm³/mol. The molecule has 0 bridgehead atoms. The van der Waals surface area contributed by atoms with Crippen LogP contribution in [0, 0.1) is 17.3 Å². The molecular formula is C20H30O2S. The molecule has 2 nitrogen and oxygen atoms in total. The van der Waals surface area contributed by atoms with E-state index in [1.54, 1.807) is 0 Å². The van der Waals surface area contributed by atoms with E-state index in [4.69, 9.17) is 0 Å². The molecule has 0 saturated heterocycles. The van der Waals surface area contributed by atoms with E-state index < -0.39 is 9.84 Å². The van der Waals surface area contributed by atoms with Crippen molar-refractivity contribution >= 4 is 9.84 Å². The zero-order valence-electron chi connectivity index (χ0n) is 14.6. The van der Waals surface area contributed by atoms with Crippen LogP contribution in [0.2, 0.25) is 0 Å². The third-order valence-corrected chi connectivity index (χ3v) is 9.48. The van der Waals surface area contributed by atoms with Gasteiger partial charge in [-0.2, -0.15) is 0 Å². The lowest BCUT2D eigenvalue weighted by Crippen LogP contribution is -2.33. The SMILES string of the molecule is C[C@H]1CCC2C(=CC3C4=C(CCCC4)CS3(=O)=O)CCC[C@@]21C. The molecular weight excluding hydrogens is 304 g/mol. The second-order valence-corrected chi connectivity index (χ2v) is 10.8. The number of rotatable bonds is 1. The Morgan fingerprint density at radius 2 is 1.87 bits per heavy atom. The van der Waals surface area contributed by atoms with Crippen LogP contribution < -0.4 is 0 Å². The van der Waals surface area contributed by atoms with Crippen LogP contribution in [0.5, 0.6) is 0 Å². The Hall–Kier alpha value is -0.570. The van der Waals surface area contributed by atoms with Crippen LogP contribution in [0.1, 0.15) is 71.6 Å². The molecule has 1 aliphatic heterocycles. The molecule has 2 fully saturated rings. The van der Waals surface area contributed by atoms with Crippen LogP contribution in [0.3, 0.4) is 0 Å². The highest BCUT2D eigenvalue weighted by molar-refractivity contribution is 7.92. The van der Waals surface area contributed by atoms with Gasteiger partial charge in [-0.1, -0.05) is 31.1 Å². The molecule has 4 aliphatic rings. The quantitative estimate of drug-likeness (QED) is 0.644. The number of hydrogen-bond donors (Lipinski definition) is 0. The van der Waals surface area contributed by atoms with E-state index in [1.807, 2.05) is 0 Å². The van der Waals surface area contributed by atoms with Crippen molar-refractivity contribution in [1.29, 1.82) is 0 Å². The second kappa shape index (κ2) is 5.47. The van der Waals surface area contributed by atoms with Gasteiger partial charge in [-0.3, -0.25) is 0 Å². The molecule has 4 rings (SSSR count). The summed E-state index contributed by atoms with van der Waals surface area (Å²) in [6.07, 6.45) is 12.9. The fourth-order valence-electron chi connectivity index (χ4n) is 5.94. The molecule has 0 amide bonds. The number of fused-ring (bicyclic) bond motifs is 1. The van der Waals surface area contributed by atoms with Crippen molar-refractivity contribution in [3.8, 4) is 0 Å². The molecule has 2 saturated carbocycles. The maximum Gasteiger partial charge on any atom is 0.164 e. The summed E-state index contributed by atoms with van der Waals surface area (Å²) in [5.74, 6) is 1.75. The summed E-state index contributed by atoms with van der Waals surface area (Å²) in [4.78, 5) is 0. The minimum absolute atomic E-state index is 0.272. The lowest BCUT2D eigenvalue weighted by atomic mass is 9.64. The van der Waals surface area contributed by atoms with E-state index in [2.05, 4.69) is 19.9 Å². The topological polar surface area (TPSA) is 34.1 Å².